The van der Waals surface area contributed by atoms with E-state index in [2.05, 4.69) is 46.4 Å². The standard InChI is InChI=1S/C18H19N3.ClH/c19-16(12-11-14-7-3-1-4-8-14)18-20-13-17(21-18)15-9-5-2-6-10-15;/h1-10,13,16H,11-12,19H2,(H,20,21);1H/t16-;/m1./s1. The molecule has 114 valence electrons. The molecule has 3 rings (SSSR count). The van der Waals surface area contributed by atoms with Gasteiger partial charge in [0.05, 0.1) is 17.9 Å². The van der Waals surface area contributed by atoms with E-state index in [1.165, 1.54) is 5.56 Å². The molecule has 0 spiro atoms. The minimum absolute atomic E-state index is 0. The van der Waals surface area contributed by atoms with Crippen LogP contribution in [0.3, 0.4) is 0 Å². The van der Waals surface area contributed by atoms with Crippen molar-refractivity contribution in [3.05, 3.63) is 78.2 Å². The molecule has 3 nitrogen and oxygen atoms in total. The number of aromatic amines is 1. The van der Waals surface area contributed by atoms with Gasteiger partial charge in [0, 0.05) is 0 Å². The molecule has 1 heterocycles. The van der Waals surface area contributed by atoms with Gasteiger partial charge in [-0.1, -0.05) is 60.7 Å². The van der Waals surface area contributed by atoms with E-state index >= 15 is 0 Å². The number of benzene rings is 2. The summed E-state index contributed by atoms with van der Waals surface area (Å²) in [7, 11) is 0. The molecular formula is C18H20ClN3. The van der Waals surface area contributed by atoms with Crippen molar-refractivity contribution in [2.24, 2.45) is 5.73 Å². The normalized spacial score (nSPS) is 11.7. The van der Waals surface area contributed by atoms with E-state index in [1.807, 2.05) is 30.5 Å². The highest BCUT2D eigenvalue weighted by Crippen LogP contribution is 2.20. The Bertz CT molecular complexity index is 680. The summed E-state index contributed by atoms with van der Waals surface area (Å²) >= 11 is 0. The Morgan fingerprint density at radius 3 is 2.27 bits per heavy atom. The van der Waals surface area contributed by atoms with Crippen molar-refractivity contribution >= 4 is 12.4 Å². The highest BCUT2D eigenvalue weighted by Gasteiger charge is 2.11. The maximum absolute atomic E-state index is 6.24. The Hall–Kier alpha value is -2.10. The monoisotopic (exact) mass is 313 g/mol. The van der Waals surface area contributed by atoms with E-state index in [1.54, 1.807) is 0 Å². The van der Waals surface area contributed by atoms with Crippen molar-refractivity contribution < 1.29 is 0 Å². The van der Waals surface area contributed by atoms with Crippen molar-refractivity contribution in [2.75, 3.05) is 0 Å². The second-order valence-corrected chi connectivity index (χ2v) is 5.18. The summed E-state index contributed by atoms with van der Waals surface area (Å²) in [5.41, 5.74) is 9.69. The summed E-state index contributed by atoms with van der Waals surface area (Å²) in [4.78, 5) is 7.75. The third kappa shape index (κ3) is 3.97. The third-order valence-electron chi connectivity index (χ3n) is 3.62. The fraction of sp³-hybridized carbons (Fsp3) is 0.167. The molecular weight excluding hydrogens is 294 g/mol. The minimum Gasteiger partial charge on any atom is -0.341 e. The van der Waals surface area contributed by atoms with Crippen LogP contribution >= 0.6 is 12.4 Å². The molecule has 0 fully saturated rings. The molecule has 2 aromatic carbocycles. The first-order valence-corrected chi connectivity index (χ1v) is 7.23. The molecule has 0 amide bonds. The average molecular weight is 314 g/mol. The fourth-order valence-corrected chi connectivity index (χ4v) is 2.39. The molecule has 1 aromatic heterocycles. The van der Waals surface area contributed by atoms with Crippen LogP contribution in [0.4, 0.5) is 0 Å². The highest BCUT2D eigenvalue weighted by molar-refractivity contribution is 5.85. The second kappa shape index (κ2) is 7.78. The maximum Gasteiger partial charge on any atom is 0.123 e. The van der Waals surface area contributed by atoms with Crippen molar-refractivity contribution in [1.82, 2.24) is 9.97 Å². The van der Waals surface area contributed by atoms with Gasteiger partial charge in [0.1, 0.15) is 5.82 Å². The molecule has 0 aliphatic heterocycles. The SMILES string of the molecule is Cl.N[C@H](CCc1ccccc1)c1ncc(-c2ccccc2)[nH]1. The molecule has 0 saturated carbocycles. The number of hydrogen-bond donors (Lipinski definition) is 2. The lowest BCUT2D eigenvalue weighted by Crippen LogP contribution is -2.13. The van der Waals surface area contributed by atoms with Gasteiger partial charge >= 0.3 is 0 Å². The van der Waals surface area contributed by atoms with E-state index in [-0.39, 0.29) is 18.4 Å². The predicted octanol–water partition coefficient (Wildman–Crippen LogP) is 4.13. The van der Waals surface area contributed by atoms with Crippen LogP contribution in [0, 0.1) is 0 Å². The summed E-state index contributed by atoms with van der Waals surface area (Å²) in [6, 6.07) is 20.5. The number of nitrogens with zero attached hydrogens (tertiary/aromatic N) is 1. The molecule has 22 heavy (non-hydrogen) atoms. The van der Waals surface area contributed by atoms with Crippen LogP contribution in [-0.2, 0) is 6.42 Å². The quantitative estimate of drug-likeness (QED) is 0.744. The van der Waals surface area contributed by atoms with Gasteiger partial charge in [0.2, 0.25) is 0 Å². The summed E-state index contributed by atoms with van der Waals surface area (Å²) in [6.07, 6.45) is 3.70. The van der Waals surface area contributed by atoms with Gasteiger partial charge in [-0.25, -0.2) is 4.98 Å². The zero-order valence-corrected chi connectivity index (χ0v) is 13.1. The molecule has 1 atom stereocenters. The number of hydrogen-bond acceptors (Lipinski definition) is 2. The molecule has 0 aliphatic rings. The van der Waals surface area contributed by atoms with Gasteiger partial charge < -0.3 is 10.7 Å². The van der Waals surface area contributed by atoms with Gasteiger partial charge in [0.25, 0.3) is 0 Å². The van der Waals surface area contributed by atoms with Crippen LogP contribution in [0.5, 0.6) is 0 Å². The van der Waals surface area contributed by atoms with Gasteiger partial charge in [-0.15, -0.1) is 12.4 Å². The second-order valence-electron chi connectivity index (χ2n) is 5.18. The molecule has 0 unspecified atom stereocenters. The lowest BCUT2D eigenvalue weighted by Gasteiger charge is -2.08. The Morgan fingerprint density at radius 2 is 1.59 bits per heavy atom. The van der Waals surface area contributed by atoms with E-state index < -0.39 is 0 Å². The molecule has 0 saturated heterocycles. The lowest BCUT2D eigenvalue weighted by molar-refractivity contribution is 0.619. The van der Waals surface area contributed by atoms with Gasteiger partial charge in [-0.2, -0.15) is 0 Å². The van der Waals surface area contributed by atoms with Gasteiger partial charge in [-0.05, 0) is 24.0 Å². The van der Waals surface area contributed by atoms with Crippen LogP contribution < -0.4 is 5.73 Å². The number of aromatic nitrogens is 2. The number of halogens is 1. The van der Waals surface area contributed by atoms with E-state index in [4.69, 9.17) is 5.73 Å². The lowest BCUT2D eigenvalue weighted by atomic mass is 10.1. The molecule has 3 aromatic rings. The van der Waals surface area contributed by atoms with Gasteiger partial charge in [0.15, 0.2) is 0 Å². The first-order chi connectivity index (χ1) is 10.3. The van der Waals surface area contributed by atoms with Crippen LogP contribution in [0.25, 0.3) is 11.3 Å². The van der Waals surface area contributed by atoms with Crippen LogP contribution in [-0.4, -0.2) is 9.97 Å². The van der Waals surface area contributed by atoms with Crippen LogP contribution in [0.2, 0.25) is 0 Å². The molecule has 4 heteroatoms. The molecule has 3 N–H and O–H groups in total. The first kappa shape index (κ1) is 16.3. The number of aryl methyl sites for hydroxylation is 1. The summed E-state index contributed by atoms with van der Waals surface area (Å²) < 4.78 is 0. The molecule has 0 radical (unpaired) electrons. The van der Waals surface area contributed by atoms with Crippen LogP contribution in [0.15, 0.2) is 66.9 Å². The van der Waals surface area contributed by atoms with Gasteiger partial charge in [-0.3, -0.25) is 0 Å². The Morgan fingerprint density at radius 1 is 0.955 bits per heavy atom. The zero-order chi connectivity index (χ0) is 14.5. The summed E-state index contributed by atoms with van der Waals surface area (Å²) in [6.45, 7) is 0. The number of nitrogens with two attached hydrogens (primary N) is 1. The fourth-order valence-electron chi connectivity index (χ4n) is 2.39. The minimum atomic E-state index is -0.0670. The summed E-state index contributed by atoms with van der Waals surface area (Å²) in [5.74, 6) is 0.852. The van der Waals surface area contributed by atoms with Crippen molar-refractivity contribution in [3.63, 3.8) is 0 Å². The average Bonchev–Trinajstić information content (AvgIpc) is 3.04. The first-order valence-electron chi connectivity index (χ1n) is 7.23. The highest BCUT2D eigenvalue weighted by atomic mass is 35.5. The summed E-state index contributed by atoms with van der Waals surface area (Å²) in [5, 5.41) is 0. The number of rotatable bonds is 5. The topological polar surface area (TPSA) is 54.7 Å². The van der Waals surface area contributed by atoms with E-state index in [0.717, 1.165) is 29.9 Å². The van der Waals surface area contributed by atoms with Crippen molar-refractivity contribution in [1.29, 1.82) is 0 Å². The Labute approximate surface area is 137 Å². The number of H-pyrrole nitrogens is 1. The van der Waals surface area contributed by atoms with Crippen molar-refractivity contribution in [2.45, 2.75) is 18.9 Å². The van der Waals surface area contributed by atoms with E-state index in [0.29, 0.717) is 0 Å². The molecule has 0 aliphatic carbocycles. The third-order valence-corrected chi connectivity index (χ3v) is 3.62. The maximum atomic E-state index is 6.24. The largest absolute Gasteiger partial charge is 0.341 e. The zero-order valence-electron chi connectivity index (χ0n) is 12.3. The van der Waals surface area contributed by atoms with Crippen LogP contribution in [0.1, 0.15) is 23.9 Å². The number of imidazole rings is 1. The molecule has 0 bridgehead atoms. The Balaban J connectivity index is 0.00000176. The smallest absolute Gasteiger partial charge is 0.123 e. The predicted molar refractivity (Wildman–Crippen MR) is 93.0 cm³/mol. The Kier molecular flexibility index (Phi) is 5.75. The van der Waals surface area contributed by atoms with Crippen molar-refractivity contribution in [3.8, 4) is 11.3 Å². The number of nitrogens with one attached hydrogen (secondary N) is 1. The van der Waals surface area contributed by atoms with E-state index in [9.17, 15) is 0 Å².